The summed E-state index contributed by atoms with van der Waals surface area (Å²) in [6.45, 7) is 2.11. The molecule has 2 aromatic rings. The molecule has 0 aliphatic rings. The summed E-state index contributed by atoms with van der Waals surface area (Å²) in [5.74, 6) is 0.818. The smallest absolute Gasteiger partial charge is 0.161 e. The minimum Gasteiger partial charge on any atom is -0.493 e. The topological polar surface area (TPSA) is 39.1 Å². The summed E-state index contributed by atoms with van der Waals surface area (Å²) >= 11 is 1.79. The predicted molar refractivity (Wildman–Crippen MR) is 69.7 cm³/mol. The molecule has 4 nitrogen and oxygen atoms in total. The maximum absolute atomic E-state index is 5.36. The Morgan fingerprint density at radius 1 is 1.47 bits per heavy atom. The second kappa shape index (κ2) is 4.89. The number of aryl methyl sites for hydroxylation is 2. The Kier molecular flexibility index (Phi) is 3.49. The minimum atomic E-state index is 0.121. The molecule has 0 aliphatic heterocycles. The number of aromatic nitrogens is 2. The fourth-order valence-electron chi connectivity index (χ4n) is 1.94. The van der Waals surface area contributed by atoms with E-state index >= 15 is 0 Å². The average Bonchev–Trinajstić information content (AvgIpc) is 2.89. The lowest BCUT2D eigenvalue weighted by molar-refractivity contribution is 0.403. The molecular weight excluding hydrogens is 234 g/mol. The van der Waals surface area contributed by atoms with Gasteiger partial charge in [0.15, 0.2) is 5.75 Å². The molecule has 2 rings (SSSR count). The molecule has 0 fully saturated rings. The summed E-state index contributed by atoms with van der Waals surface area (Å²) in [6.07, 6.45) is 1.75. The molecule has 2 aromatic heterocycles. The van der Waals surface area contributed by atoms with Crippen LogP contribution in [0.2, 0.25) is 0 Å². The first-order valence-electron chi connectivity index (χ1n) is 5.47. The molecular formula is C12H17N3OS. The second-order valence-corrected chi connectivity index (χ2v) is 5.21. The molecule has 2 heterocycles. The highest BCUT2D eigenvalue weighted by atomic mass is 32.1. The van der Waals surface area contributed by atoms with Crippen LogP contribution >= 0.6 is 11.3 Å². The van der Waals surface area contributed by atoms with Crippen LogP contribution in [0.3, 0.4) is 0 Å². The molecule has 1 atom stereocenters. The van der Waals surface area contributed by atoms with Crippen LogP contribution in [0.15, 0.2) is 18.3 Å². The zero-order valence-corrected chi connectivity index (χ0v) is 11.3. The van der Waals surface area contributed by atoms with E-state index in [9.17, 15) is 0 Å². The highest BCUT2D eigenvalue weighted by Crippen LogP contribution is 2.32. The van der Waals surface area contributed by atoms with E-state index in [2.05, 4.69) is 29.5 Å². The van der Waals surface area contributed by atoms with Crippen LogP contribution in [0.5, 0.6) is 5.75 Å². The van der Waals surface area contributed by atoms with Crippen molar-refractivity contribution in [2.75, 3.05) is 14.2 Å². The summed E-state index contributed by atoms with van der Waals surface area (Å²) < 4.78 is 7.21. The van der Waals surface area contributed by atoms with Crippen molar-refractivity contribution < 1.29 is 4.74 Å². The van der Waals surface area contributed by atoms with Gasteiger partial charge in [-0.1, -0.05) is 0 Å². The number of ether oxygens (including phenoxy) is 1. The highest BCUT2D eigenvalue weighted by Gasteiger charge is 2.22. The Morgan fingerprint density at radius 3 is 2.76 bits per heavy atom. The fraction of sp³-hybridized carbons (Fsp3) is 0.417. The van der Waals surface area contributed by atoms with E-state index in [1.165, 1.54) is 9.75 Å². The summed E-state index contributed by atoms with van der Waals surface area (Å²) in [4.78, 5) is 2.58. The Morgan fingerprint density at radius 2 is 2.24 bits per heavy atom. The molecule has 0 aliphatic carbocycles. The molecule has 1 N–H and O–H groups in total. The second-order valence-electron chi connectivity index (χ2n) is 3.89. The van der Waals surface area contributed by atoms with Gasteiger partial charge in [-0.15, -0.1) is 11.3 Å². The van der Waals surface area contributed by atoms with Crippen molar-refractivity contribution in [3.8, 4) is 5.75 Å². The number of methoxy groups -OCH3 is 1. The van der Waals surface area contributed by atoms with Crippen LogP contribution in [0, 0.1) is 6.92 Å². The third-order valence-corrected chi connectivity index (χ3v) is 3.84. The molecule has 0 spiro atoms. The summed E-state index contributed by atoms with van der Waals surface area (Å²) in [5, 5.41) is 7.56. The zero-order chi connectivity index (χ0) is 12.4. The summed E-state index contributed by atoms with van der Waals surface area (Å²) in [7, 11) is 5.56. The van der Waals surface area contributed by atoms with E-state index in [4.69, 9.17) is 4.74 Å². The molecule has 5 heteroatoms. The van der Waals surface area contributed by atoms with Crippen LogP contribution in [0.4, 0.5) is 0 Å². The van der Waals surface area contributed by atoms with E-state index in [1.54, 1.807) is 24.6 Å². The zero-order valence-electron chi connectivity index (χ0n) is 10.5. The van der Waals surface area contributed by atoms with Crippen LogP contribution in [0.25, 0.3) is 0 Å². The van der Waals surface area contributed by atoms with Crippen molar-refractivity contribution in [2.45, 2.75) is 13.0 Å². The van der Waals surface area contributed by atoms with Gasteiger partial charge in [0.1, 0.15) is 5.69 Å². The monoisotopic (exact) mass is 251 g/mol. The van der Waals surface area contributed by atoms with E-state index < -0.39 is 0 Å². The van der Waals surface area contributed by atoms with E-state index in [-0.39, 0.29) is 6.04 Å². The lowest BCUT2D eigenvalue weighted by Crippen LogP contribution is -2.20. The van der Waals surface area contributed by atoms with Gasteiger partial charge in [-0.05, 0) is 26.1 Å². The highest BCUT2D eigenvalue weighted by molar-refractivity contribution is 7.12. The van der Waals surface area contributed by atoms with Gasteiger partial charge in [-0.2, -0.15) is 5.10 Å². The van der Waals surface area contributed by atoms with Gasteiger partial charge < -0.3 is 10.1 Å². The Bertz CT molecular complexity index is 504. The lowest BCUT2D eigenvalue weighted by Gasteiger charge is -2.16. The number of thiophene rings is 1. The first-order chi connectivity index (χ1) is 8.17. The minimum absolute atomic E-state index is 0.121. The molecule has 0 amide bonds. The third-order valence-electron chi connectivity index (χ3n) is 2.78. The van der Waals surface area contributed by atoms with Crippen molar-refractivity contribution in [2.24, 2.45) is 7.05 Å². The van der Waals surface area contributed by atoms with E-state index in [0.29, 0.717) is 0 Å². The van der Waals surface area contributed by atoms with Crippen LogP contribution < -0.4 is 10.1 Å². The molecule has 0 radical (unpaired) electrons. The van der Waals surface area contributed by atoms with Gasteiger partial charge in [-0.3, -0.25) is 4.68 Å². The van der Waals surface area contributed by atoms with Crippen LogP contribution in [0.1, 0.15) is 21.5 Å². The SMILES string of the molecule is CNC(c1ccc(C)s1)c1c(OC)cnn1C. The Hall–Kier alpha value is -1.33. The maximum Gasteiger partial charge on any atom is 0.161 e. The van der Waals surface area contributed by atoms with Crippen LogP contribution in [-0.4, -0.2) is 23.9 Å². The molecule has 92 valence electrons. The van der Waals surface area contributed by atoms with Gasteiger partial charge >= 0.3 is 0 Å². The Balaban J connectivity index is 2.44. The van der Waals surface area contributed by atoms with Gasteiger partial charge in [0.25, 0.3) is 0 Å². The summed E-state index contributed by atoms with van der Waals surface area (Å²) in [5.41, 5.74) is 1.05. The van der Waals surface area contributed by atoms with E-state index in [1.807, 2.05) is 18.8 Å². The molecule has 0 bridgehead atoms. The van der Waals surface area contributed by atoms with Crippen molar-refractivity contribution in [3.63, 3.8) is 0 Å². The van der Waals surface area contributed by atoms with Gasteiger partial charge in [0.05, 0.1) is 19.3 Å². The molecule has 0 saturated carbocycles. The van der Waals surface area contributed by atoms with Crippen molar-refractivity contribution in [1.29, 1.82) is 0 Å². The standard InChI is InChI=1S/C12H17N3OS/c1-8-5-6-10(17-8)11(13-2)12-9(16-4)7-14-15(12)3/h5-7,11,13H,1-4H3. The van der Waals surface area contributed by atoms with Gasteiger partial charge in [0.2, 0.25) is 0 Å². The number of nitrogens with one attached hydrogen (secondary N) is 1. The Labute approximate surface area is 105 Å². The predicted octanol–water partition coefficient (Wildman–Crippen LogP) is 2.11. The first-order valence-corrected chi connectivity index (χ1v) is 6.28. The van der Waals surface area contributed by atoms with Gasteiger partial charge in [-0.25, -0.2) is 0 Å². The quantitative estimate of drug-likeness (QED) is 0.904. The molecule has 17 heavy (non-hydrogen) atoms. The lowest BCUT2D eigenvalue weighted by atomic mass is 10.1. The average molecular weight is 251 g/mol. The molecule has 1 unspecified atom stereocenters. The third kappa shape index (κ3) is 2.21. The molecule has 0 aromatic carbocycles. The van der Waals surface area contributed by atoms with Gasteiger partial charge in [0, 0.05) is 16.8 Å². The summed E-state index contributed by atoms with van der Waals surface area (Å²) in [6, 6.07) is 4.40. The molecule has 0 saturated heterocycles. The fourth-order valence-corrected chi connectivity index (χ4v) is 2.93. The number of hydrogen-bond donors (Lipinski definition) is 1. The van der Waals surface area contributed by atoms with E-state index in [0.717, 1.165) is 11.4 Å². The van der Waals surface area contributed by atoms with Crippen molar-refractivity contribution in [1.82, 2.24) is 15.1 Å². The normalized spacial score (nSPS) is 12.7. The van der Waals surface area contributed by atoms with Crippen molar-refractivity contribution in [3.05, 3.63) is 33.8 Å². The largest absolute Gasteiger partial charge is 0.493 e. The first kappa shape index (κ1) is 12.1. The maximum atomic E-state index is 5.36. The number of rotatable bonds is 4. The number of hydrogen-bond acceptors (Lipinski definition) is 4. The van der Waals surface area contributed by atoms with Crippen molar-refractivity contribution >= 4 is 11.3 Å². The van der Waals surface area contributed by atoms with Crippen LogP contribution in [-0.2, 0) is 7.05 Å². The number of nitrogens with zero attached hydrogens (tertiary/aromatic N) is 2.